The third kappa shape index (κ3) is 13.2. The van der Waals surface area contributed by atoms with Gasteiger partial charge in [0.15, 0.2) is 0 Å². The molecule has 9 nitrogen and oxygen atoms in total. The van der Waals surface area contributed by atoms with Crippen LogP contribution in [0.5, 0.6) is 0 Å². The molecule has 2 atom stereocenters. The maximum absolute atomic E-state index is 14.5. The van der Waals surface area contributed by atoms with Crippen molar-refractivity contribution in [1.82, 2.24) is 15.5 Å². The van der Waals surface area contributed by atoms with Gasteiger partial charge in [-0.15, -0.1) is 0 Å². The Balaban J connectivity index is 2.50. The number of ether oxygens (including phenoxy) is 2. The van der Waals surface area contributed by atoms with E-state index in [0.29, 0.717) is 18.5 Å². The minimum atomic E-state index is -0.984. The predicted molar refractivity (Wildman–Crippen MR) is 172 cm³/mol. The molecule has 0 aliphatic heterocycles. The molecular weight excluding hydrogens is 558 g/mol. The molecule has 2 unspecified atom stereocenters. The summed E-state index contributed by atoms with van der Waals surface area (Å²) in [6.45, 7) is 11.7. The van der Waals surface area contributed by atoms with Crippen LogP contribution in [0.3, 0.4) is 0 Å². The molecule has 2 aromatic carbocycles. The zero-order valence-corrected chi connectivity index (χ0v) is 27.3. The number of nitrogens with one attached hydrogen (secondary N) is 2. The first-order chi connectivity index (χ1) is 20.9. The van der Waals surface area contributed by atoms with Crippen LogP contribution in [-0.4, -0.2) is 60.1 Å². The van der Waals surface area contributed by atoms with Gasteiger partial charge in [-0.05, 0) is 52.2 Å². The second-order valence-corrected chi connectivity index (χ2v) is 12.0. The predicted octanol–water partition coefficient (Wildman–Crippen LogP) is 6.04. The highest BCUT2D eigenvalue weighted by molar-refractivity contribution is 5.92. The minimum Gasteiger partial charge on any atom is -0.466 e. The molecule has 0 bridgehead atoms. The second-order valence-electron chi connectivity index (χ2n) is 12.0. The molecule has 0 aliphatic carbocycles. The van der Waals surface area contributed by atoms with E-state index in [1.54, 1.807) is 32.6 Å². The summed E-state index contributed by atoms with van der Waals surface area (Å²) in [6, 6.07) is 15.0. The summed E-state index contributed by atoms with van der Waals surface area (Å²) in [5.41, 5.74) is 1.69. The Morgan fingerprint density at radius 2 is 1.61 bits per heavy atom. The van der Waals surface area contributed by atoms with E-state index < -0.39 is 35.7 Å². The molecule has 0 saturated carbocycles. The number of amides is 3. The maximum Gasteiger partial charge on any atom is 0.408 e. The van der Waals surface area contributed by atoms with Crippen LogP contribution in [0.4, 0.5) is 4.79 Å². The number of unbranched alkanes of at least 4 members (excludes halogenated alkanes) is 4. The number of aryl methyl sites for hydroxylation is 1. The number of benzene rings is 2. The lowest BCUT2D eigenvalue weighted by Crippen LogP contribution is -2.54. The Kier molecular flexibility index (Phi) is 15.4. The van der Waals surface area contributed by atoms with Crippen LogP contribution in [0.25, 0.3) is 0 Å². The van der Waals surface area contributed by atoms with Crippen molar-refractivity contribution < 1.29 is 28.7 Å². The van der Waals surface area contributed by atoms with Crippen molar-refractivity contribution in [2.45, 2.75) is 104 Å². The fourth-order valence-electron chi connectivity index (χ4n) is 4.88. The van der Waals surface area contributed by atoms with Crippen LogP contribution in [0.15, 0.2) is 54.6 Å². The van der Waals surface area contributed by atoms with Crippen molar-refractivity contribution in [3.05, 3.63) is 71.3 Å². The van der Waals surface area contributed by atoms with Gasteiger partial charge < -0.3 is 25.0 Å². The van der Waals surface area contributed by atoms with Gasteiger partial charge in [0.25, 0.3) is 0 Å². The molecule has 3 amide bonds. The van der Waals surface area contributed by atoms with E-state index in [1.807, 2.05) is 61.5 Å². The molecule has 0 heterocycles. The quantitative estimate of drug-likeness (QED) is 0.167. The van der Waals surface area contributed by atoms with E-state index in [4.69, 9.17) is 9.47 Å². The van der Waals surface area contributed by atoms with E-state index >= 15 is 0 Å². The van der Waals surface area contributed by atoms with Crippen molar-refractivity contribution in [2.75, 3.05) is 19.7 Å². The van der Waals surface area contributed by atoms with Gasteiger partial charge in [0.2, 0.25) is 11.8 Å². The van der Waals surface area contributed by atoms with Crippen molar-refractivity contribution in [3.63, 3.8) is 0 Å². The zero-order chi connectivity index (χ0) is 32.5. The summed E-state index contributed by atoms with van der Waals surface area (Å²) in [4.78, 5) is 54.9. The number of nitrogens with zero attached hydrogens (tertiary/aromatic N) is 1. The number of rotatable bonds is 17. The number of alkyl carbamates (subject to hydrolysis) is 1. The number of hydrogen-bond acceptors (Lipinski definition) is 6. The van der Waals surface area contributed by atoms with Gasteiger partial charge in [-0.1, -0.05) is 92.8 Å². The smallest absolute Gasteiger partial charge is 0.408 e. The Bertz CT molecular complexity index is 1190. The summed E-state index contributed by atoms with van der Waals surface area (Å²) < 4.78 is 10.5. The van der Waals surface area contributed by atoms with Gasteiger partial charge in [0, 0.05) is 19.5 Å². The fraction of sp³-hybridized carbons (Fsp3) is 0.543. The molecule has 9 heteroatoms. The number of hydrogen-bond donors (Lipinski definition) is 2. The molecule has 0 radical (unpaired) electrons. The van der Waals surface area contributed by atoms with E-state index in [2.05, 4.69) is 17.6 Å². The third-order valence-electron chi connectivity index (χ3n) is 6.91. The highest BCUT2D eigenvalue weighted by Gasteiger charge is 2.36. The molecule has 0 spiro atoms. The Hall–Kier alpha value is -3.88. The summed E-state index contributed by atoms with van der Waals surface area (Å²) in [5.74, 6) is -1.20. The first kappa shape index (κ1) is 36.3. The number of carbonyl (C=O) groups is 4. The summed E-state index contributed by atoms with van der Waals surface area (Å²) in [6.07, 6.45) is 4.29. The molecular formula is C35H51N3O6. The average molecular weight is 610 g/mol. The topological polar surface area (TPSA) is 114 Å². The largest absolute Gasteiger partial charge is 0.466 e. The van der Waals surface area contributed by atoms with Crippen LogP contribution in [-0.2, 0) is 30.3 Å². The molecule has 0 aromatic heterocycles. The Morgan fingerprint density at radius 3 is 2.25 bits per heavy atom. The van der Waals surface area contributed by atoms with Crippen molar-refractivity contribution in [2.24, 2.45) is 0 Å². The van der Waals surface area contributed by atoms with Gasteiger partial charge in [0.1, 0.15) is 17.7 Å². The normalized spacial score (nSPS) is 12.5. The van der Waals surface area contributed by atoms with Gasteiger partial charge in [0.05, 0.1) is 13.0 Å². The van der Waals surface area contributed by atoms with Crippen LogP contribution in [0.2, 0.25) is 0 Å². The van der Waals surface area contributed by atoms with Crippen molar-refractivity contribution in [3.8, 4) is 0 Å². The van der Waals surface area contributed by atoms with Gasteiger partial charge in [-0.25, -0.2) is 4.79 Å². The minimum absolute atomic E-state index is 0.0158. The second kappa shape index (κ2) is 18.7. The van der Waals surface area contributed by atoms with Crippen LogP contribution in [0, 0.1) is 6.92 Å². The van der Waals surface area contributed by atoms with Gasteiger partial charge in [-0.2, -0.15) is 0 Å². The van der Waals surface area contributed by atoms with Gasteiger partial charge >= 0.3 is 12.1 Å². The van der Waals surface area contributed by atoms with Gasteiger partial charge in [-0.3, -0.25) is 14.4 Å². The van der Waals surface area contributed by atoms with E-state index in [9.17, 15) is 19.2 Å². The van der Waals surface area contributed by atoms with E-state index in [0.717, 1.165) is 36.8 Å². The molecule has 0 aliphatic rings. The first-order valence-electron chi connectivity index (χ1n) is 15.8. The number of esters is 1. The number of carbonyl (C=O) groups excluding carboxylic acids is 4. The first-order valence-corrected chi connectivity index (χ1v) is 15.8. The van der Waals surface area contributed by atoms with Crippen molar-refractivity contribution in [1.29, 1.82) is 0 Å². The highest BCUT2D eigenvalue weighted by Crippen LogP contribution is 2.25. The Labute approximate surface area is 263 Å². The maximum atomic E-state index is 14.5. The van der Waals surface area contributed by atoms with Crippen LogP contribution >= 0.6 is 0 Å². The van der Waals surface area contributed by atoms with Crippen LogP contribution < -0.4 is 10.6 Å². The van der Waals surface area contributed by atoms with E-state index in [1.165, 1.54) is 0 Å². The molecule has 242 valence electrons. The van der Waals surface area contributed by atoms with E-state index in [-0.39, 0.29) is 31.9 Å². The summed E-state index contributed by atoms with van der Waals surface area (Å²) >= 11 is 0. The SMILES string of the molecule is CCCCCCCN(C(=O)C(Cc1ccccc1)NC(=O)OC(C)(C)C)C(C(=O)NCCC(=O)OCC)c1cccc(C)c1. The molecule has 2 rings (SSSR count). The molecule has 44 heavy (non-hydrogen) atoms. The lowest BCUT2D eigenvalue weighted by molar-refractivity contribution is -0.144. The standard InChI is InChI=1S/C35H51N3O6/c1-7-9-10-11-15-23-38(31(28-20-16-17-26(3)24-28)32(40)36-22-21-30(39)43-8-2)33(41)29(25-27-18-13-12-14-19-27)37-34(42)44-35(4,5)6/h12-14,16-20,24,29,31H,7-11,15,21-23,25H2,1-6H3,(H,36,40)(H,37,42). The molecule has 2 aromatic rings. The summed E-state index contributed by atoms with van der Waals surface area (Å²) in [7, 11) is 0. The lowest BCUT2D eigenvalue weighted by Gasteiger charge is -2.35. The molecule has 2 N–H and O–H groups in total. The van der Waals surface area contributed by atoms with Crippen LogP contribution in [0.1, 0.15) is 95.9 Å². The third-order valence-corrected chi connectivity index (χ3v) is 6.91. The average Bonchev–Trinajstić information content (AvgIpc) is 2.95. The van der Waals surface area contributed by atoms with Crippen molar-refractivity contribution >= 4 is 23.9 Å². The fourth-order valence-corrected chi connectivity index (χ4v) is 4.88. The molecule has 0 fully saturated rings. The molecule has 0 saturated heterocycles. The summed E-state index contributed by atoms with van der Waals surface area (Å²) in [5, 5.41) is 5.65. The Morgan fingerprint density at radius 1 is 0.909 bits per heavy atom. The highest BCUT2D eigenvalue weighted by atomic mass is 16.6. The zero-order valence-electron chi connectivity index (χ0n) is 27.3. The monoisotopic (exact) mass is 609 g/mol. The lowest BCUT2D eigenvalue weighted by atomic mass is 9.98.